The molecule has 96 valence electrons. The SMILES string of the molecule is COC1(CCNCCCNC(C)C)CCC1. The van der Waals surface area contributed by atoms with Gasteiger partial charge in [-0.2, -0.15) is 0 Å². The van der Waals surface area contributed by atoms with Gasteiger partial charge in [-0.25, -0.2) is 0 Å². The average Bonchev–Trinajstić information content (AvgIpc) is 2.19. The molecule has 0 saturated heterocycles. The van der Waals surface area contributed by atoms with Crippen LogP contribution in [0.15, 0.2) is 0 Å². The van der Waals surface area contributed by atoms with E-state index in [1.807, 2.05) is 7.11 Å². The topological polar surface area (TPSA) is 33.3 Å². The molecule has 0 aromatic heterocycles. The van der Waals surface area contributed by atoms with Crippen molar-refractivity contribution in [1.29, 1.82) is 0 Å². The van der Waals surface area contributed by atoms with Crippen molar-refractivity contribution in [2.45, 2.75) is 57.6 Å². The average molecular weight is 228 g/mol. The lowest BCUT2D eigenvalue weighted by molar-refractivity contribution is -0.0767. The van der Waals surface area contributed by atoms with Crippen LogP contribution in [0.2, 0.25) is 0 Å². The van der Waals surface area contributed by atoms with Crippen LogP contribution in [0.4, 0.5) is 0 Å². The van der Waals surface area contributed by atoms with Gasteiger partial charge in [-0.15, -0.1) is 0 Å². The van der Waals surface area contributed by atoms with E-state index >= 15 is 0 Å². The minimum absolute atomic E-state index is 0.225. The minimum atomic E-state index is 0.225. The van der Waals surface area contributed by atoms with Crippen LogP contribution in [0.5, 0.6) is 0 Å². The Hall–Kier alpha value is -0.120. The molecule has 0 heterocycles. The summed E-state index contributed by atoms with van der Waals surface area (Å²) in [5, 5.41) is 6.92. The van der Waals surface area contributed by atoms with E-state index in [1.54, 1.807) is 0 Å². The molecule has 1 saturated carbocycles. The molecule has 16 heavy (non-hydrogen) atoms. The third-order valence-corrected chi connectivity index (χ3v) is 3.54. The van der Waals surface area contributed by atoms with Gasteiger partial charge in [0.25, 0.3) is 0 Å². The van der Waals surface area contributed by atoms with Gasteiger partial charge < -0.3 is 15.4 Å². The molecule has 1 rings (SSSR count). The molecule has 0 atom stereocenters. The number of ether oxygens (including phenoxy) is 1. The summed E-state index contributed by atoms with van der Waals surface area (Å²) in [6.45, 7) is 7.69. The van der Waals surface area contributed by atoms with Crippen LogP contribution in [0, 0.1) is 0 Å². The van der Waals surface area contributed by atoms with Crippen molar-refractivity contribution >= 4 is 0 Å². The van der Waals surface area contributed by atoms with Crippen LogP contribution in [-0.4, -0.2) is 38.4 Å². The summed E-state index contributed by atoms with van der Waals surface area (Å²) in [5.41, 5.74) is 0.225. The maximum Gasteiger partial charge on any atom is 0.0690 e. The summed E-state index contributed by atoms with van der Waals surface area (Å²) in [6, 6.07) is 0.603. The zero-order valence-electron chi connectivity index (χ0n) is 11.1. The van der Waals surface area contributed by atoms with Gasteiger partial charge in [-0.05, 0) is 51.7 Å². The summed E-state index contributed by atoms with van der Waals surface area (Å²) in [4.78, 5) is 0. The van der Waals surface area contributed by atoms with Crippen molar-refractivity contribution in [3.05, 3.63) is 0 Å². The summed E-state index contributed by atoms with van der Waals surface area (Å²) in [7, 11) is 1.85. The van der Waals surface area contributed by atoms with Crippen LogP contribution in [0.3, 0.4) is 0 Å². The molecule has 3 nitrogen and oxygen atoms in total. The van der Waals surface area contributed by atoms with Crippen LogP contribution >= 0.6 is 0 Å². The first-order valence-electron chi connectivity index (χ1n) is 6.68. The number of methoxy groups -OCH3 is 1. The number of nitrogens with one attached hydrogen (secondary N) is 2. The fraction of sp³-hybridized carbons (Fsp3) is 1.00. The molecule has 0 spiro atoms. The van der Waals surface area contributed by atoms with Gasteiger partial charge in [0.2, 0.25) is 0 Å². The monoisotopic (exact) mass is 228 g/mol. The molecule has 0 amide bonds. The molecule has 1 aliphatic rings. The lowest BCUT2D eigenvalue weighted by atomic mass is 9.77. The lowest BCUT2D eigenvalue weighted by Crippen LogP contribution is -2.41. The highest BCUT2D eigenvalue weighted by molar-refractivity contribution is 4.89. The summed E-state index contributed by atoms with van der Waals surface area (Å²) in [5.74, 6) is 0. The fourth-order valence-corrected chi connectivity index (χ4v) is 2.17. The molecule has 0 aromatic carbocycles. The van der Waals surface area contributed by atoms with E-state index in [-0.39, 0.29) is 5.60 Å². The van der Waals surface area contributed by atoms with Crippen LogP contribution in [0.25, 0.3) is 0 Å². The summed E-state index contributed by atoms with van der Waals surface area (Å²) >= 11 is 0. The second-order valence-electron chi connectivity index (χ2n) is 5.20. The van der Waals surface area contributed by atoms with Gasteiger partial charge in [-0.1, -0.05) is 13.8 Å². The highest BCUT2D eigenvalue weighted by Gasteiger charge is 2.35. The van der Waals surface area contributed by atoms with Gasteiger partial charge in [0, 0.05) is 13.2 Å². The zero-order chi connectivity index (χ0) is 11.9. The molecule has 1 aliphatic carbocycles. The zero-order valence-corrected chi connectivity index (χ0v) is 11.1. The normalized spacial score (nSPS) is 18.8. The standard InChI is InChI=1S/C13H28N2O/c1-12(2)15-10-5-9-14-11-8-13(16-3)6-4-7-13/h12,14-15H,4-11H2,1-3H3. The Kier molecular flexibility index (Phi) is 6.32. The van der Waals surface area contributed by atoms with Crippen molar-refractivity contribution in [2.24, 2.45) is 0 Å². The molecular formula is C13H28N2O. The Bertz CT molecular complexity index is 173. The highest BCUT2D eigenvalue weighted by Crippen LogP contribution is 2.37. The molecule has 0 aromatic rings. The van der Waals surface area contributed by atoms with E-state index in [2.05, 4.69) is 24.5 Å². The van der Waals surface area contributed by atoms with Gasteiger partial charge in [-0.3, -0.25) is 0 Å². The maximum absolute atomic E-state index is 5.58. The quantitative estimate of drug-likeness (QED) is 0.592. The molecule has 0 unspecified atom stereocenters. The van der Waals surface area contributed by atoms with Crippen molar-refractivity contribution in [3.63, 3.8) is 0 Å². The van der Waals surface area contributed by atoms with E-state index in [9.17, 15) is 0 Å². The molecule has 1 fully saturated rings. The first-order valence-corrected chi connectivity index (χ1v) is 6.68. The Labute approximate surface area is 100 Å². The fourth-order valence-electron chi connectivity index (χ4n) is 2.17. The second kappa shape index (κ2) is 7.25. The predicted molar refractivity (Wildman–Crippen MR) is 68.8 cm³/mol. The first kappa shape index (κ1) is 13.9. The van der Waals surface area contributed by atoms with Gasteiger partial charge in [0.1, 0.15) is 0 Å². The van der Waals surface area contributed by atoms with Gasteiger partial charge >= 0.3 is 0 Å². The van der Waals surface area contributed by atoms with Crippen LogP contribution in [0.1, 0.15) is 46.0 Å². The lowest BCUT2D eigenvalue weighted by Gasteiger charge is -2.40. The van der Waals surface area contributed by atoms with Crippen molar-refractivity contribution in [3.8, 4) is 0 Å². The van der Waals surface area contributed by atoms with Gasteiger partial charge in [0.05, 0.1) is 5.60 Å². The Morgan fingerprint density at radius 1 is 1.19 bits per heavy atom. The summed E-state index contributed by atoms with van der Waals surface area (Å²) in [6.07, 6.45) is 6.21. The molecule has 0 bridgehead atoms. The molecular weight excluding hydrogens is 200 g/mol. The highest BCUT2D eigenvalue weighted by atomic mass is 16.5. The van der Waals surface area contributed by atoms with Crippen LogP contribution in [-0.2, 0) is 4.74 Å². The smallest absolute Gasteiger partial charge is 0.0690 e. The number of rotatable bonds is 9. The number of hydrogen-bond acceptors (Lipinski definition) is 3. The molecule has 0 aliphatic heterocycles. The molecule has 3 heteroatoms. The second-order valence-corrected chi connectivity index (χ2v) is 5.20. The molecule has 0 radical (unpaired) electrons. The summed E-state index contributed by atoms with van der Waals surface area (Å²) < 4.78 is 5.58. The van der Waals surface area contributed by atoms with E-state index < -0.39 is 0 Å². The minimum Gasteiger partial charge on any atom is -0.378 e. The van der Waals surface area contributed by atoms with E-state index in [1.165, 1.54) is 32.1 Å². The van der Waals surface area contributed by atoms with E-state index in [4.69, 9.17) is 4.74 Å². The van der Waals surface area contributed by atoms with Gasteiger partial charge in [0.15, 0.2) is 0 Å². The Morgan fingerprint density at radius 3 is 2.44 bits per heavy atom. The predicted octanol–water partition coefficient (Wildman–Crippen LogP) is 1.92. The third-order valence-electron chi connectivity index (χ3n) is 3.54. The largest absolute Gasteiger partial charge is 0.378 e. The van der Waals surface area contributed by atoms with E-state index in [0.717, 1.165) is 19.6 Å². The van der Waals surface area contributed by atoms with E-state index in [0.29, 0.717) is 6.04 Å². The van der Waals surface area contributed by atoms with Crippen molar-refractivity contribution in [2.75, 3.05) is 26.7 Å². The Morgan fingerprint density at radius 2 is 1.94 bits per heavy atom. The maximum atomic E-state index is 5.58. The first-order chi connectivity index (χ1) is 7.68. The van der Waals surface area contributed by atoms with Crippen molar-refractivity contribution in [1.82, 2.24) is 10.6 Å². The van der Waals surface area contributed by atoms with Crippen LogP contribution < -0.4 is 10.6 Å². The van der Waals surface area contributed by atoms with Crippen molar-refractivity contribution < 1.29 is 4.74 Å². The third kappa shape index (κ3) is 4.81. The molecule has 2 N–H and O–H groups in total. The number of hydrogen-bond donors (Lipinski definition) is 2. The Balaban J connectivity index is 1.88.